The van der Waals surface area contributed by atoms with Gasteiger partial charge in [-0.1, -0.05) is 60.2 Å². The number of anilines is 1. The van der Waals surface area contributed by atoms with Crippen LogP contribution in [-0.4, -0.2) is 5.91 Å². The van der Waals surface area contributed by atoms with Crippen molar-refractivity contribution in [1.29, 1.82) is 0 Å². The molecule has 0 atom stereocenters. The minimum Gasteiger partial charge on any atom is -0.489 e. The minimum absolute atomic E-state index is 0.147. The zero-order valence-electron chi connectivity index (χ0n) is 15.6. The van der Waals surface area contributed by atoms with Crippen LogP contribution in [0.25, 0.3) is 6.08 Å². The van der Waals surface area contributed by atoms with Crippen molar-refractivity contribution in [3.05, 3.63) is 101 Å². The number of nitrogens with one attached hydrogen (secondary N) is 1. The highest BCUT2D eigenvalue weighted by Gasteiger charge is 2.02. The molecular formula is C24H23NO2. The number of carbonyl (C=O) groups is 1. The van der Waals surface area contributed by atoms with Gasteiger partial charge in [-0.2, -0.15) is 0 Å². The van der Waals surface area contributed by atoms with Crippen molar-refractivity contribution in [1.82, 2.24) is 0 Å². The Balaban J connectivity index is 1.54. The van der Waals surface area contributed by atoms with E-state index in [1.807, 2.05) is 86.6 Å². The molecule has 0 bridgehead atoms. The van der Waals surface area contributed by atoms with E-state index in [1.165, 1.54) is 5.56 Å². The first-order chi connectivity index (χ1) is 13.1. The molecule has 1 amide bonds. The van der Waals surface area contributed by atoms with E-state index in [1.54, 1.807) is 12.2 Å². The summed E-state index contributed by atoms with van der Waals surface area (Å²) < 4.78 is 5.77. The van der Waals surface area contributed by atoms with Gasteiger partial charge in [0.1, 0.15) is 12.4 Å². The molecule has 0 heterocycles. The first kappa shape index (κ1) is 18.5. The van der Waals surface area contributed by atoms with Crippen molar-refractivity contribution in [2.75, 3.05) is 5.32 Å². The summed E-state index contributed by atoms with van der Waals surface area (Å²) in [5.41, 5.74) is 5.13. The summed E-state index contributed by atoms with van der Waals surface area (Å²) in [5.74, 6) is 0.655. The molecule has 3 aromatic rings. The minimum atomic E-state index is -0.147. The number of aryl methyl sites for hydroxylation is 2. The lowest BCUT2D eigenvalue weighted by molar-refractivity contribution is -0.111. The van der Waals surface area contributed by atoms with Crippen LogP contribution in [-0.2, 0) is 11.4 Å². The lowest BCUT2D eigenvalue weighted by Crippen LogP contribution is -2.08. The maximum Gasteiger partial charge on any atom is 0.248 e. The van der Waals surface area contributed by atoms with E-state index in [-0.39, 0.29) is 5.91 Å². The molecular weight excluding hydrogens is 334 g/mol. The van der Waals surface area contributed by atoms with E-state index in [0.717, 1.165) is 28.1 Å². The zero-order chi connectivity index (χ0) is 19.1. The van der Waals surface area contributed by atoms with Gasteiger partial charge in [-0.05, 0) is 54.8 Å². The number of hydrogen-bond acceptors (Lipinski definition) is 2. The first-order valence-corrected chi connectivity index (χ1v) is 8.93. The molecule has 0 spiro atoms. The van der Waals surface area contributed by atoms with Crippen molar-refractivity contribution >= 4 is 17.7 Å². The predicted octanol–water partition coefficient (Wildman–Crippen LogP) is 5.53. The number of amides is 1. The molecule has 0 saturated heterocycles. The summed E-state index contributed by atoms with van der Waals surface area (Å²) >= 11 is 0. The number of carbonyl (C=O) groups excluding carboxylic acids is 1. The van der Waals surface area contributed by atoms with E-state index in [9.17, 15) is 4.79 Å². The summed E-state index contributed by atoms with van der Waals surface area (Å²) in [6.07, 6.45) is 3.33. The Bertz CT molecular complexity index is 928. The lowest BCUT2D eigenvalue weighted by Gasteiger charge is -2.07. The Morgan fingerprint density at radius 3 is 2.41 bits per heavy atom. The molecule has 3 heteroatoms. The highest BCUT2D eigenvalue weighted by atomic mass is 16.5. The van der Waals surface area contributed by atoms with Gasteiger partial charge in [0.15, 0.2) is 0 Å². The third kappa shape index (κ3) is 5.58. The van der Waals surface area contributed by atoms with Gasteiger partial charge in [-0.25, -0.2) is 0 Å². The molecule has 0 saturated carbocycles. The first-order valence-electron chi connectivity index (χ1n) is 8.93. The molecule has 3 rings (SSSR count). The van der Waals surface area contributed by atoms with E-state index in [4.69, 9.17) is 4.74 Å². The topological polar surface area (TPSA) is 38.3 Å². The fraction of sp³-hybridized carbons (Fsp3) is 0.125. The second kappa shape index (κ2) is 8.86. The zero-order valence-corrected chi connectivity index (χ0v) is 15.6. The van der Waals surface area contributed by atoms with Gasteiger partial charge < -0.3 is 10.1 Å². The van der Waals surface area contributed by atoms with Crippen LogP contribution in [0.5, 0.6) is 5.75 Å². The number of hydrogen-bond donors (Lipinski definition) is 1. The molecule has 0 radical (unpaired) electrons. The molecule has 3 nitrogen and oxygen atoms in total. The quantitative estimate of drug-likeness (QED) is 0.589. The van der Waals surface area contributed by atoms with Gasteiger partial charge in [0.25, 0.3) is 0 Å². The number of rotatable bonds is 6. The van der Waals surface area contributed by atoms with Crippen molar-refractivity contribution in [2.45, 2.75) is 20.5 Å². The van der Waals surface area contributed by atoms with Crippen molar-refractivity contribution in [3.63, 3.8) is 0 Å². The fourth-order valence-electron chi connectivity index (χ4n) is 2.72. The summed E-state index contributed by atoms with van der Waals surface area (Å²) in [7, 11) is 0. The molecule has 0 aromatic heterocycles. The van der Waals surface area contributed by atoms with Gasteiger partial charge >= 0.3 is 0 Å². The van der Waals surface area contributed by atoms with E-state index >= 15 is 0 Å². The monoisotopic (exact) mass is 357 g/mol. The molecule has 27 heavy (non-hydrogen) atoms. The van der Waals surface area contributed by atoms with Crippen molar-refractivity contribution in [2.24, 2.45) is 0 Å². The van der Waals surface area contributed by atoms with E-state index in [2.05, 4.69) is 5.32 Å². The number of benzene rings is 3. The van der Waals surface area contributed by atoms with Crippen LogP contribution in [0, 0.1) is 13.8 Å². The Morgan fingerprint density at radius 2 is 1.70 bits per heavy atom. The van der Waals surface area contributed by atoms with Crippen molar-refractivity contribution in [3.8, 4) is 5.75 Å². The highest BCUT2D eigenvalue weighted by Crippen LogP contribution is 2.17. The van der Waals surface area contributed by atoms with Crippen LogP contribution < -0.4 is 10.1 Å². The van der Waals surface area contributed by atoms with Crippen LogP contribution in [0.1, 0.15) is 22.3 Å². The van der Waals surface area contributed by atoms with Gasteiger partial charge in [0.05, 0.1) is 0 Å². The Labute approximate surface area is 160 Å². The van der Waals surface area contributed by atoms with Gasteiger partial charge in [-0.15, -0.1) is 0 Å². The predicted molar refractivity (Wildman–Crippen MR) is 111 cm³/mol. The average molecular weight is 357 g/mol. The van der Waals surface area contributed by atoms with Crippen LogP contribution in [0.15, 0.2) is 78.9 Å². The fourth-order valence-corrected chi connectivity index (χ4v) is 2.72. The third-order valence-electron chi connectivity index (χ3n) is 4.20. The standard InChI is InChI=1S/C24H23NO2/c1-18-8-14-23(19(2)16-18)25-24(26)15-11-20-9-12-22(13-10-20)27-17-21-6-4-3-5-7-21/h3-16H,17H2,1-2H3,(H,25,26). The molecule has 0 aliphatic rings. The average Bonchev–Trinajstić information content (AvgIpc) is 2.68. The Hall–Kier alpha value is -3.33. The second-order valence-electron chi connectivity index (χ2n) is 6.48. The summed E-state index contributed by atoms with van der Waals surface area (Å²) in [6, 6.07) is 23.7. The van der Waals surface area contributed by atoms with Crippen LogP contribution in [0.3, 0.4) is 0 Å². The molecule has 136 valence electrons. The SMILES string of the molecule is Cc1ccc(NC(=O)C=Cc2ccc(OCc3ccccc3)cc2)c(C)c1. The highest BCUT2D eigenvalue weighted by molar-refractivity contribution is 6.02. The molecule has 0 unspecified atom stereocenters. The second-order valence-corrected chi connectivity index (χ2v) is 6.48. The smallest absolute Gasteiger partial charge is 0.248 e. The normalized spacial score (nSPS) is 10.7. The van der Waals surface area contributed by atoms with Gasteiger partial charge in [0, 0.05) is 11.8 Å². The molecule has 0 aliphatic carbocycles. The Morgan fingerprint density at radius 1 is 0.963 bits per heavy atom. The molecule has 0 fully saturated rings. The summed E-state index contributed by atoms with van der Waals surface area (Å²) in [6.45, 7) is 4.56. The van der Waals surface area contributed by atoms with Crippen LogP contribution in [0.2, 0.25) is 0 Å². The molecule has 1 N–H and O–H groups in total. The maximum absolute atomic E-state index is 12.1. The van der Waals surface area contributed by atoms with Crippen molar-refractivity contribution < 1.29 is 9.53 Å². The lowest BCUT2D eigenvalue weighted by atomic mass is 10.1. The summed E-state index contributed by atoms with van der Waals surface area (Å²) in [5, 5.41) is 2.91. The molecule has 0 aliphatic heterocycles. The van der Waals surface area contributed by atoms with E-state index < -0.39 is 0 Å². The third-order valence-corrected chi connectivity index (χ3v) is 4.20. The van der Waals surface area contributed by atoms with Gasteiger partial charge in [0.2, 0.25) is 5.91 Å². The number of ether oxygens (including phenoxy) is 1. The van der Waals surface area contributed by atoms with Crippen LogP contribution >= 0.6 is 0 Å². The van der Waals surface area contributed by atoms with Crippen LogP contribution in [0.4, 0.5) is 5.69 Å². The van der Waals surface area contributed by atoms with Gasteiger partial charge in [-0.3, -0.25) is 4.79 Å². The summed E-state index contributed by atoms with van der Waals surface area (Å²) in [4.78, 5) is 12.1. The largest absolute Gasteiger partial charge is 0.489 e. The Kier molecular flexibility index (Phi) is 6.06. The maximum atomic E-state index is 12.1. The van der Waals surface area contributed by atoms with E-state index in [0.29, 0.717) is 6.61 Å². The molecule has 3 aromatic carbocycles.